The smallest absolute Gasteiger partial charge is 0.338 e. The summed E-state index contributed by atoms with van der Waals surface area (Å²) >= 11 is 4.59. The van der Waals surface area contributed by atoms with Crippen molar-refractivity contribution in [2.45, 2.75) is 36.2 Å². The maximum Gasteiger partial charge on any atom is 0.338 e. The van der Waals surface area contributed by atoms with E-state index in [1.54, 1.807) is 51.1 Å². The predicted molar refractivity (Wildman–Crippen MR) is 143 cm³/mol. The van der Waals surface area contributed by atoms with Crippen molar-refractivity contribution in [2.24, 2.45) is 0 Å². The van der Waals surface area contributed by atoms with Gasteiger partial charge in [0.25, 0.3) is 15.9 Å². The van der Waals surface area contributed by atoms with Crippen LogP contribution in [0.2, 0.25) is 5.02 Å². The number of nitrogens with zero attached hydrogens (tertiary/aromatic N) is 1. The molecule has 1 N–H and O–H groups in total. The highest BCUT2D eigenvalue weighted by Crippen LogP contribution is 2.36. The van der Waals surface area contributed by atoms with Gasteiger partial charge in [-0.05, 0) is 92.6 Å². The summed E-state index contributed by atoms with van der Waals surface area (Å²) < 4.78 is 45.9. The minimum absolute atomic E-state index is 0.00133. The largest absolute Gasteiger partial charge is 0.611 e. The second kappa shape index (κ2) is 10.4. The number of carbonyl (C=O) groups excluding carboxylic acids is 2. The van der Waals surface area contributed by atoms with Crippen molar-refractivity contribution in [3.8, 4) is 0 Å². The van der Waals surface area contributed by atoms with E-state index in [-0.39, 0.29) is 33.5 Å². The van der Waals surface area contributed by atoms with Gasteiger partial charge in [-0.1, -0.05) is 17.7 Å². The molecule has 0 bridgehead atoms. The fourth-order valence-electron chi connectivity index (χ4n) is 3.68. The number of sulfonamides is 1. The molecule has 11 heteroatoms. The van der Waals surface area contributed by atoms with Crippen molar-refractivity contribution in [1.82, 2.24) is 0 Å². The Morgan fingerprint density at radius 2 is 1.70 bits per heavy atom. The SMILES string of the molecule is CC(C)(C)OC(=O)c1ccc(NC(=O)c2ccc3c(c2)N(S(=O)(=O)c2cccc(Cl)c2)CC[S+]3[O-])cc1. The fraction of sp³-hybridized carbons (Fsp3) is 0.231. The summed E-state index contributed by atoms with van der Waals surface area (Å²) in [5.41, 5.74) is 0.500. The zero-order chi connectivity index (χ0) is 27.0. The molecular formula is C26H25ClN2O6S2. The highest BCUT2D eigenvalue weighted by Gasteiger charge is 2.36. The van der Waals surface area contributed by atoms with E-state index < -0.39 is 38.7 Å². The molecule has 0 saturated heterocycles. The van der Waals surface area contributed by atoms with Crippen LogP contribution >= 0.6 is 11.6 Å². The van der Waals surface area contributed by atoms with E-state index in [2.05, 4.69) is 5.32 Å². The topological polar surface area (TPSA) is 116 Å². The van der Waals surface area contributed by atoms with Crippen molar-refractivity contribution in [1.29, 1.82) is 0 Å². The van der Waals surface area contributed by atoms with Gasteiger partial charge in [-0.3, -0.25) is 9.10 Å². The standard InChI is InChI=1S/C26H25ClN2O6S2/c1-26(2,3)35-25(31)17-7-10-20(11-8-17)28-24(30)18-9-12-23-22(15-18)29(13-14-36(23)32)37(33,34)21-6-4-5-19(27)16-21/h4-12,15-16H,13-14H2,1-3H3,(H,28,30). The van der Waals surface area contributed by atoms with E-state index in [9.17, 15) is 22.6 Å². The average molecular weight is 561 g/mol. The Balaban J connectivity index is 1.59. The molecule has 1 unspecified atom stereocenters. The highest BCUT2D eigenvalue weighted by atomic mass is 35.5. The van der Waals surface area contributed by atoms with Crippen LogP contribution in [0.1, 0.15) is 41.5 Å². The van der Waals surface area contributed by atoms with Crippen LogP contribution in [0.25, 0.3) is 0 Å². The number of rotatable bonds is 5. The van der Waals surface area contributed by atoms with Crippen molar-refractivity contribution in [3.05, 3.63) is 82.9 Å². The zero-order valence-corrected chi connectivity index (χ0v) is 22.7. The molecule has 1 amide bonds. The summed E-state index contributed by atoms with van der Waals surface area (Å²) in [4.78, 5) is 25.5. The number of amides is 1. The van der Waals surface area contributed by atoms with Crippen molar-refractivity contribution in [2.75, 3.05) is 21.9 Å². The second-order valence-electron chi connectivity index (χ2n) is 9.30. The minimum atomic E-state index is -4.01. The fourth-order valence-corrected chi connectivity index (χ4v) is 6.82. The van der Waals surface area contributed by atoms with Crippen LogP contribution < -0.4 is 9.62 Å². The van der Waals surface area contributed by atoms with Crippen molar-refractivity contribution >= 4 is 56.1 Å². The van der Waals surface area contributed by atoms with Crippen molar-refractivity contribution < 1.29 is 27.3 Å². The molecule has 3 aromatic carbocycles. The lowest BCUT2D eigenvalue weighted by atomic mass is 10.1. The molecule has 194 valence electrons. The molecule has 1 aliphatic rings. The normalized spacial score (nSPS) is 15.6. The number of carbonyl (C=O) groups is 2. The van der Waals surface area contributed by atoms with Gasteiger partial charge in [0.15, 0.2) is 4.90 Å². The third kappa shape index (κ3) is 6.10. The summed E-state index contributed by atoms with van der Waals surface area (Å²) in [5, 5.41) is 3.00. The van der Waals surface area contributed by atoms with Gasteiger partial charge in [-0.25, -0.2) is 13.2 Å². The molecule has 0 saturated carbocycles. The summed E-state index contributed by atoms with van der Waals surface area (Å²) in [6.07, 6.45) is 0. The van der Waals surface area contributed by atoms with E-state index in [0.29, 0.717) is 16.1 Å². The van der Waals surface area contributed by atoms with E-state index >= 15 is 0 Å². The van der Waals surface area contributed by atoms with Crippen molar-refractivity contribution in [3.63, 3.8) is 0 Å². The molecule has 4 rings (SSSR count). The van der Waals surface area contributed by atoms with E-state index in [0.717, 1.165) is 4.31 Å². The third-order valence-corrected chi connectivity index (χ3v) is 8.81. The van der Waals surface area contributed by atoms with Crippen LogP contribution in [0.5, 0.6) is 0 Å². The first kappa shape index (κ1) is 27.0. The summed E-state index contributed by atoms with van der Waals surface area (Å²) in [6.45, 7) is 5.31. The Hall–Kier alpha value is -3.05. The lowest BCUT2D eigenvalue weighted by molar-refractivity contribution is 0.00694. The molecule has 37 heavy (non-hydrogen) atoms. The lowest BCUT2D eigenvalue weighted by Crippen LogP contribution is -2.40. The third-order valence-electron chi connectivity index (χ3n) is 5.38. The predicted octanol–water partition coefficient (Wildman–Crippen LogP) is 4.86. The van der Waals surface area contributed by atoms with Gasteiger partial charge in [-0.15, -0.1) is 0 Å². The number of halogens is 1. The van der Waals surface area contributed by atoms with Crippen LogP contribution in [0.3, 0.4) is 0 Å². The Labute approximate surface area is 223 Å². The van der Waals surface area contributed by atoms with E-state index in [4.69, 9.17) is 16.3 Å². The first-order valence-electron chi connectivity index (χ1n) is 11.3. The molecule has 8 nitrogen and oxygen atoms in total. The van der Waals surface area contributed by atoms with Crippen LogP contribution in [-0.2, 0) is 25.9 Å². The van der Waals surface area contributed by atoms with Gasteiger partial charge in [0, 0.05) is 16.3 Å². The average Bonchev–Trinajstić information content (AvgIpc) is 2.83. The maximum absolute atomic E-state index is 13.4. The summed E-state index contributed by atoms with van der Waals surface area (Å²) in [6, 6.07) is 16.5. The minimum Gasteiger partial charge on any atom is -0.611 e. The van der Waals surface area contributed by atoms with Gasteiger partial charge in [0.1, 0.15) is 17.0 Å². The van der Waals surface area contributed by atoms with Gasteiger partial charge in [0.05, 0.1) is 17.0 Å². The first-order chi connectivity index (χ1) is 17.3. The molecule has 1 aliphatic heterocycles. The number of hydrogen-bond donors (Lipinski definition) is 1. The van der Waals surface area contributed by atoms with E-state index in [1.165, 1.54) is 36.4 Å². The molecular weight excluding hydrogens is 536 g/mol. The summed E-state index contributed by atoms with van der Waals surface area (Å²) in [7, 11) is -4.01. The number of benzene rings is 3. The quantitative estimate of drug-likeness (QED) is 0.352. The molecule has 3 aromatic rings. The number of ether oxygens (including phenoxy) is 1. The number of esters is 1. The number of anilines is 2. The molecule has 0 aromatic heterocycles. The van der Waals surface area contributed by atoms with Gasteiger partial charge in [0.2, 0.25) is 0 Å². The Morgan fingerprint density at radius 1 is 1.03 bits per heavy atom. The first-order valence-corrected chi connectivity index (χ1v) is 14.4. The second-order valence-corrected chi connectivity index (χ2v) is 13.1. The van der Waals surface area contributed by atoms with Gasteiger partial charge >= 0.3 is 5.97 Å². The maximum atomic E-state index is 13.4. The zero-order valence-electron chi connectivity index (χ0n) is 20.4. The Morgan fingerprint density at radius 3 is 2.35 bits per heavy atom. The molecule has 0 aliphatic carbocycles. The lowest BCUT2D eigenvalue weighted by Gasteiger charge is -2.31. The molecule has 0 fully saturated rings. The monoisotopic (exact) mass is 560 g/mol. The van der Waals surface area contributed by atoms with Gasteiger partial charge < -0.3 is 14.6 Å². The van der Waals surface area contributed by atoms with Crippen LogP contribution in [0.15, 0.2) is 76.5 Å². The Bertz CT molecular complexity index is 1450. The number of fused-ring (bicyclic) bond motifs is 1. The Kier molecular flexibility index (Phi) is 7.57. The molecule has 1 atom stereocenters. The van der Waals surface area contributed by atoms with Crippen LogP contribution in [0, 0.1) is 0 Å². The summed E-state index contributed by atoms with van der Waals surface area (Å²) in [5.74, 6) is -0.846. The molecule has 0 spiro atoms. The number of nitrogens with one attached hydrogen (secondary N) is 1. The van der Waals surface area contributed by atoms with E-state index in [1.807, 2.05) is 0 Å². The van der Waals surface area contributed by atoms with Crippen LogP contribution in [0.4, 0.5) is 11.4 Å². The molecule has 1 heterocycles. The highest BCUT2D eigenvalue weighted by molar-refractivity contribution is 7.94. The van der Waals surface area contributed by atoms with Gasteiger partial charge in [-0.2, -0.15) is 0 Å². The number of hydrogen-bond acceptors (Lipinski definition) is 6. The molecule has 0 radical (unpaired) electrons. The van der Waals surface area contributed by atoms with Crippen LogP contribution in [-0.4, -0.2) is 42.7 Å².